The van der Waals surface area contributed by atoms with Crippen molar-refractivity contribution in [2.75, 3.05) is 13.2 Å². The maximum atomic E-state index is 5.68. The smallest absolute Gasteiger partial charge is 0.175 e. The van der Waals surface area contributed by atoms with Crippen molar-refractivity contribution >= 4 is 15.9 Å². The summed E-state index contributed by atoms with van der Waals surface area (Å²) in [5.41, 5.74) is 1.24. The van der Waals surface area contributed by atoms with E-state index < -0.39 is 0 Å². The van der Waals surface area contributed by atoms with Crippen molar-refractivity contribution in [3.05, 3.63) is 22.2 Å². The minimum absolute atomic E-state index is 0.613. The van der Waals surface area contributed by atoms with Crippen molar-refractivity contribution in [2.45, 2.75) is 58.5 Å². The van der Waals surface area contributed by atoms with Gasteiger partial charge in [-0.15, -0.1) is 0 Å². The standard InChI is InChI=1S/C17H26BrNO2/c1-3-5-7-14(6-4-2)19-12-13-10-15(18)17-16(11-13)20-8-9-21-17/h10-11,14,19H,3-9,12H2,1-2H3. The van der Waals surface area contributed by atoms with E-state index >= 15 is 0 Å². The van der Waals surface area contributed by atoms with Gasteiger partial charge in [-0.2, -0.15) is 0 Å². The fourth-order valence-corrected chi connectivity index (χ4v) is 3.28. The van der Waals surface area contributed by atoms with Gasteiger partial charge in [-0.1, -0.05) is 33.1 Å². The van der Waals surface area contributed by atoms with Crippen LogP contribution in [-0.4, -0.2) is 19.3 Å². The molecule has 0 amide bonds. The Hall–Kier alpha value is -0.740. The Bertz CT molecular complexity index is 451. The van der Waals surface area contributed by atoms with Gasteiger partial charge in [0.2, 0.25) is 0 Å². The van der Waals surface area contributed by atoms with Crippen LogP contribution in [-0.2, 0) is 6.54 Å². The Labute approximate surface area is 136 Å². The normalized spacial score (nSPS) is 15.0. The second kappa shape index (κ2) is 8.64. The molecule has 0 fully saturated rings. The summed E-state index contributed by atoms with van der Waals surface area (Å²) < 4.78 is 12.3. The molecule has 1 N–H and O–H groups in total. The van der Waals surface area contributed by atoms with E-state index in [0.29, 0.717) is 19.3 Å². The van der Waals surface area contributed by atoms with Crippen LogP contribution in [0.15, 0.2) is 16.6 Å². The molecule has 2 rings (SSSR count). The van der Waals surface area contributed by atoms with Gasteiger partial charge in [0, 0.05) is 12.6 Å². The first-order valence-electron chi connectivity index (χ1n) is 8.06. The van der Waals surface area contributed by atoms with Crippen molar-refractivity contribution in [2.24, 2.45) is 0 Å². The maximum absolute atomic E-state index is 5.68. The Balaban J connectivity index is 1.97. The molecule has 1 unspecified atom stereocenters. The Morgan fingerprint density at radius 3 is 2.71 bits per heavy atom. The SMILES string of the molecule is CCCCC(CCC)NCc1cc(Br)c2c(c1)OCCO2. The molecule has 0 saturated carbocycles. The number of halogens is 1. The number of hydrogen-bond donors (Lipinski definition) is 1. The first kappa shape index (κ1) is 16.6. The third-order valence-electron chi connectivity index (χ3n) is 3.79. The topological polar surface area (TPSA) is 30.5 Å². The summed E-state index contributed by atoms with van der Waals surface area (Å²) in [6, 6.07) is 4.83. The summed E-state index contributed by atoms with van der Waals surface area (Å²) in [6.07, 6.45) is 6.29. The third kappa shape index (κ3) is 4.89. The average Bonchev–Trinajstić information content (AvgIpc) is 2.50. The number of nitrogens with one attached hydrogen (secondary N) is 1. The molecule has 0 spiro atoms. The summed E-state index contributed by atoms with van der Waals surface area (Å²) in [5, 5.41) is 3.69. The summed E-state index contributed by atoms with van der Waals surface area (Å²) in [7, 11) is 0. The fourth-order valence-electron chi connectivity index (χ4n) is 2.68. The van der Waals surface area contributed by atoms with Gasteiger partial charge in [0.1, 0.15) is 13.2 Å². The van der Waals surface area contributed by atoms with Gasteiger partial charge in [-0.3, -0.25) is 0 Å². The molecule has 118 valence electrons. The van der Waals surface area contributed by atoms with E-state index in [9.17, 15) is 0 Å². The zero-order valence-corrected chi connectivity index (χ0v) is 14.7. The van der Waals surface area contributed by atoms with E-state index in [1.807, 2.05) is 0 Å². The molecule has 0 saturated heterocycles. The van der Waals surface area contributed by atoms with Gasteiger partial charge in [0.25, 0.3) is 0 Å². The van der Waals surface area contributed by atoms with Crippen LogP contribution in [0, 0.1) is 0 Å². The number of fused-ring (bicyclic) bond motifs is 1. The van der Waals surface area contributed by atoms with E-state index in [-0.39, 0.29) is 0 Å². The fraction of sp³-hybridized carbons (Fsp3) is 0.647. The van der Waals surface area contributed by atoms with Crippen LogP contribution in [0.25, 0.3) is 0 Å². The summed E-state index contributed by atoms with van der Waals surface area (Å²) in [4.78, 5) is 0. The van der Waals surface area contributed by atoms with Crippen molar-refractivity contribution < 1.29 is 9.47 Å². The molecule has 3 nitrogen and oxygen atoms in total. The van der Waals surface area contributed by atoms with Gasteiger partial charge < -0.3 is 14.8 Å². The molecule has 1 atom stereocenters. The van der Waals surface area contributed by atoms with Gasteiger partial charge >= 0.3 is 0 Å². The second-order valence-corrected chi connectivity index (χ2v) is 6.46. The monoisotopic (exact) mass is 355 g/mol. The number of hydrogen-bond acceptors (Lipinski definition) is 3. The molecule has 1 heterocycles. The van der Waals surface area contributed by atoms with E-state index in [1.54, 1.807) is 0 Å². The number of rotatable bonds is 8. The maximum Gasteiger partial charge on any atom is 0.175 e. The number of unbranched alkanes of at least 4 members (excludes halogenated alkanes) is 1. The predicted molar refractivity (Wildman–Crippen MR) is 90.2 cm³/mol. The number of ether oxygens (including phenoxy) is 2. The Morgan fingerprint density at radius 1 is 1.14 bits per heavy atom. The summed E-state index contributed by atoms with van der Waals surface area (Å²) >= 11 is 3.58. The Morgan fingerprint density at radius 2 is 1.95 bits per heavy atom. The molecule has 1 aliphatic rings. The van der Waals surface area contributed by atoms with Crippen LogP contribution in [0.4, 0.5) is 0 Å². The van der Waals surface area contributed by atoms with Crippen LogP contribution in [0.2, 0.25) is 0 Å². The quantitative estimate of drug-likeness (QED) is 0.734. The lowest BCUT2D eigenvalue weighted by atomic mass is 10.0. The van der Waals surface area contributed by atoms with Crippen molar-refractivity contribution in [1.82, 2.24) is 5.32 Å². The van der Waals surface area contributed by atoms with Gasteiger partial charge in [0.15, 0.2) is 11.5 Å². The molecule has 1 aromatic carbocycles. The van der Waals surface area contributed by atoms with E-state index in [2.05, 4.69) is 47.2 Å². The largest absolute Gasteiger partial charge is 0.486 e. The lowest BCUT2D eigenvalue weighted by Gasteiger charge is -2.22. The van der Waals surface area contributed by atoms with E-state index in [1.165, 1.54) is 37.7 Å². The lowest BCUT2D eigenvalue weighted by Crippen LogP contribution is -2.28. The summed E-state index contributed by atoms with van der Waals surface area (Å²) in [6.45, 7) is 6.63. The molecule has 4 heteroatoms. The predicted octanol–water partition coefficient (Wildman–Crippen LogP) is 4.67. The van der Waals surface area contributed by atoms with Crippen LogP contribution in [0.5, 0.6) is 11.5 Å². The van der Waals surface area contributed by atoms with Crippen molar-refractivity contribution in [3.63, 3.8) is 0 Å². The first-order valence-corrected chi connectivity index (χ1v) is 8.85. The Kier molecular flexibility index (Phi) is 6.84. The molecule has 0 aromatic heterocycles. The molecular weight excluding hydrogens is 330 g/mol. The molecule has 1 aliphatic heterocycles. The molecule has 0 bridgehead atoms. The highest BCUT2D eigenvalue weighted by molar-refractivity contribution is 9.10. The summed E-state index contributed by atoms with van der Waals surface area (Å²) in [5.74, 6) is 1.69. The van der Waals surface area contributed by atoms with Crippen LogP contribution in [0.3, 0.4) is 0 Å². The zero-order chi connectivity index (χ0) is 15.1. The lowest BCUT2D eigenvalue weighted by molar-refractivity contribution is 0.170. The first-order chi connectivity index (χ1) is 10.2. The molecule has 1 aromatic rings. The molecule has 0 radical (unpaired) electrons. The second-order valence-electron chi connectivity index (χ2n) is 5.61. The van der Waals surface area contributed by atoms with Gasteiger partial charge in [-0.05, 0) is 46.5 Å². The average molecular weight is 356 g/mol. The molecule has 0 aliphatic carbocycles. The van der Waals surface area contributed by atoms with Gasteiger partial charge in [-0.25, -0.2) is 0 Å². The minimum Gasteiger partial charge on any atom is -0.486 e. The highest BCUT2D eigenvalue weighted by Crippen LogP contribution is 2.38. The van der Waals surface area contributed by atoms with E-state index in [0.717, 1.165) is 22.5 Å². The van der Waals surface area contributed by atoms with Gasteiger partial charge in [0.05, 0.1) is 4.47 Å². The highest BCUT2D eigenvalue weighted by atomic mass is 79.9. The van der Waals surface area contributed by atoms with Crippen LogP contribution in [0.1, 0.15) is 51.5 Å². The highest BCUT2D eigenvalue weighted by Gasteiger charge is 2.16. The molecule has 21 heavy (non-hydrogen) atoms. The molecular formula is C17H26BrNO2. The van der Waals surface area contributed by atoms with E-state index in [4.69, 9.17) is 9.47 Å². The van der Waals surface area contributed by atoms with Crippen LogP contribution < -0.4 is 14.8 Å². The zero-order valence-electron chi connectivity index (χ0n) is 13.1. The van der Waals surface area contributed by atoms with Crippen LogP contribution >= 0.6 is 15.9 Å². The number of benzene rings is 1. The third-order valence-corrected chi connectivity index (χ3v) is 4.38. The van der Waals surface area contributed by atoms with Crippen molar-refractivity contribution in [1.29, 1.82) is 0 Å². The minimum atomic E-state index is 0.613. The van der Waals surface area contributed by atoms with Crippen molar-refractivity contribution in [3.8, 4) is 11.5 Å².